The van der Waals surface area contributed by atoms with Gasteiger partial charge in [-0.1, -0.05) is 35.3 Å². The molecule has 7 heteroatoms. The molecule has 0 aliphatic heterocycles. The maximum Gasteiger partial charge on any atom is 0.305 e. The van der Waals surface area contributed by atoms with E-state index in [2.05, 4.69) is 5.32 Å². The van der Waals surface area contributed by atoms with Crippen molar-refractivity contribution in [3.05, 3.63) is 67.9 Å². The molecule has 0 radical (unpaired) electrons. The van der Waals surface area contributed by atoms with Gasteiger partial charge in [0.15, 0.2) is 0 Å². The average Bonchev–Trinajstić information content (AvgIpc) is 2.39. The van der Waals surface area contributed by atoms with Gasteiger partial charge in [0.25, 0.3) is 0 Å². The van der Waals surface area contributed by atoms with Crippen molar-refractivity contribution >= 4 is 34.6 Å². The van der Waals surface area contributed by atoms with Gasteiger partial charge in [-0.05, 0) is 18.2 Å². The molecular weight excluding hydrogens is 306 g/mol. The van der Waals surface area contributed by atoms with Crippen LogP contribution >= 0.6 is 23.2 Å². The van der Waals surface area contributed by atoms with Gasteiger partial charge in [-0.2, -0.15) is 4.39 Å². The number of benzene rings is 2. The fourth-order valence-corrected chi connectivity index (χ4v) is 2.14. The van der Waals surface area contributed by atoms with Gasteiger partial charge in [0.05, 0.1) is 15.6 Å². The number of hydrogen-bond donors (Lipinski definition) is 1. The molecule has 0 fully saturated rings. The fraction of sp³-hybridized carbons (Fsp3) is 0.0769. The quantitative estimate of drug-likeness (QED) is 0.660. The zero-order valence-corrected chi connectivity index (χ0v) is 11.6. The zero-order valence-electron chi connectivity index (χ0n) is 10.1. The summed E-state index contributed by atoms with van der Waals surface area (Å²) >= 11 is 11.7. The number of nitro groups is 1. The summed E-state index contributed by atoms with van der Waals surface area (Å²) in [6.45, 7) is 0.0782. The lowest BCUT2D eigenvalue weighted by atomic mass is 10.2. The second-order valence-corrected chi connectivity index (χ2v) is 4.83. The van der Waals surface area contributed by atoms with Crippen LogP contribution in [0.25, 0.3) is 0 Å². The Labute approximate surface area is 124 Å². The van der Waals surface area contributed by atoms with Gasteiger partial charge in [-0.3, -0.25) is 10.1 Å². The normalized spacial score (nSPS) is 10.3. The molecule has 0 saturated carbocycles. The topological polar surface area (TPSA) is 55.2 Å². The highest BCUT2D eigenvalue weighted by Gasteiger charge is 2.16. The molecule has 104 valence electrons. The molecule has 0 spiro atoms. The van der Waals surface area contributed by atoms with E-state index in [0.717, 1.165) is 6.07 Å². The molecule has 0 bridgehead atoms. The van der Waals surface area contributed by atoms with Crippen LogP contribution in [0.15, 0.2) is 36.4 Å². The Morgan fingerprint density at radius 1 is 1.25 bits per heavy atom. The summed E-state index contributed by atoms with van der Waals surface area (Å²) in [5.41, 5.74) is 0.207. The molecule has 1 N–H and O–H groups in total. The van der Waals surface area contributed by atoms with Crippen LogP contribution in [0.5, 0.6) is 0 Å². The molecule has 0 aromatic heterocycles. The molecule has 0 aliphatic carbocycles. The standard InChI is InChI=1S/C13H9Cl2FN2O2/c14-9-4-5-11(10(15)6-9)17-7-8-2-1-3-12(13(8)16)18(19)20/h1-6,17H,7H2. The molecule has 2 aromatic carbocycles. The molecule has 20 heavy (non-hydrogen) atoms. The summed E-state index contributed by atoms with van der Waals surface area (Å²) in [5.74, 6) is -0.852. The van der Waals surface area contributed by atoms with E-state index in [4.69, 9.17) is 23.2 Å². The van der Waals surface area contributed by atoms with Crippen LogP contribution in [0.4, 0.5) is 15.8 Å². The maximum atomic E-state index is 13.9. The Balaban J connectivity index is 2.19. The summed E-state index contributed by atoms with van der Waals surface area (Å²) in [5, 5.41) is 14.4. The van der Waals surface area contributed by atoms with Gasteiger partial charge in [0.1, 0.15) is 0 Å². The molecule has 2 aromatic rings. The third-order valence-corrected chi connectivity index (χ3v) is 3.20. The smallest absolute Gasteiger partial charge is 0.305 e. The molecule has 0 atom stereocenters. The van der Waals surface area contributed by atoms with E-state index >= 15 is 0 Å². The third-order valence-electron chi connectivity index (χ3n) is 2.66. The largest absolute Gasteiger partial charge is 0.380 e. The molecular formula is C13H9Cl2FN2O2. The predicted octanol–water partition coefficient (Wildman–Crippen LogP) is 4.65. The van der Waals surface area contributed by atoms with Gasteiger partial charge >= 0.3 is 5.69 Å². The van der Waals surface area contributed by atoms with Crippen LogP contribution in [0.1, 0.15) is 5.56 Å². The van der Waals surface area contributed by atoms with Crippen LogP contribution < -0.4 is 5.32 Å². The van der Waals surface area contributed by atoms with Crippen molar-refractivity contribution in [2.45, 2.75) is 6.54 Å². The minimum Gasteiger partial charge on any atom is -0.380 e. The third kappa shape index (κ3) is 3.18. The average molecular weight is 315 g/mol. The van der Waals surface area contributed by atoms with Crippen LogP contribution in [0, 0.1) is 15.9 Å². The van der Waals surface area contributed by atoms with E-state index < -0.39 is 16.4 Å². The summed E-state index contributed by atoms with van der Waals surface area (Å²) in [6, 6.07) is 8.86. The SMILES string of the molecule is O=[N+]([O-])c1cccc(CNc2ccc(Cl)cc2Cl)c1F. The van der Waals surface area contributed by atoms with E-state index in [9.17, 15) is 14.5 Å². The van der Waals surface area contributed by atoms with Gasteiger partial charge < -0.3 is 5.32 Å². The number of nitrogens with zero attached hydrogens (tertiary/aromatic N) is 1. The molecule has 0 saturated heterocycles. The number of nitro benzene ring substituents is 1. The van der Waals surface area contributed by atoms with Crippen molar-refractivity contribution in [1.29, 1.82) is 0 Å². The van der Waals surface area contributed by atoms with E-state index in [0.29, 0.717) is 15.7 Å². The molecule has 2 rings (SSSR count). The highest BCUT2D eigenvalue weighted by atomic mass is 35.5. The summed E-state index contributed by atoms with van der Waals surface area (Å²) in [7, 11) is 0. The lowest BCUT2D eigenvalue weighted by Gasteiger charge is -2.09. The zero-order chi connectivity index (χ0) is 14.7. The van der Waals surface area contributed by atoms with E-state index in [1.165, 1.54) is 12.1 Å². The summed E-state index contributed by atoms with van der Waals surface area (Å²) < 4.78 is 13.9. The highest BCUT2D eigenvalue weighted by molar-refractivity contribution is 6.36. The van der Waals surface area contributed by atoms with Gasteiger partial charge in [-0.15, -0.1) is 0 Å². The van der Waals surface area contributed by atoms with E-state index in [1.807, 2.05) is 0 Å². The number of nitrogens with one attached hydrogen (secondary N) is 1. The Bertz CT molecular complexity index is 665. The van der Waals surface area contributed by atoms with Crippen molar-refractivity contribution in [3.8, 4) is 0 Å². The van der Waals surface area contributed by atoms with Crippen LogP contribution in [0.3, 0.4) is 0 Å². The first-order chi connectivity index (χ1) is 9.49. The maximum absolute atomic E-state index is 13.9. The second kappa shape index (κ2) is 6.07. The van der Waals surface area contributed by atoms with Crippen molar-refractivity contribution in [2.75, 3.05) is 5.32 Å². The van der Waals surface area contributed by atoms with Crippen LogP contribution in [0.2, 0.25) is 10.0 Å². The first kappa shape index (κ1) is 14.6. The minimum atomic E-state index is -0.852. The Kier molecular flexibility index (Phi) is 4.42. The van der Waals surface area contributed by atoms with E-state index in [-0.39, 0.29) is 12.1 Å². The summed E-state index contributed by atoms with van der Waals surface area (Å²) in [6.07, 6.45) is 0. The lowest BCUT2D eigenvalue weighted by molar-refractivity contribution is -0.387. The highest BCUT2D eigenvalue weighted by Crippen LogP contribution is 2.27. The lowest BCUT2D eigenvalue weighted by Crippen LogP contribution is -2.04. The van der Waals surface area contributed by atoms with Gasteiger partial charge in [0, 0.05) is 23.2 Å². The molecule has 4 nitrogen and oxygen atoms in total. The second-order valence-electron chi connectivity index (χ2n) is 3.99. The van der Waals surface area contributed by atoms with Crippen molar-refractivity contribution < 1.29 is 9.31 Å². The van der Waals surface area contributed by atoms with Crippen LogP contribution in [-0.2, 0) is 6.54 Å². The van der Waals surface area contributed by atoms with E-state index in [1.54, 1.807) is 18.2 Å². The monoisotopic (exact) mass is 314 g/mol. The van der Waals surface area contributed by atoms with Gasteiger partial charge in [0.2, 0.25) is 5.82 Å². The number of rotatable bonds is 4. The minimum absolute atomic E-state index is 0.0782. The first-order valence-electron chi connectivity index (χ1n) is 5.59. The molecule has 0 amide bonds. The number of anilines is 1. The molecule has 0 unspecified atom stereocenters. The predicted molar refractivity (Wildman–Crippen MR) is 76.8 cm³/mol. The fourth-order valence-electron chi connectivity index (χ4n) is 1.67. The molecule has 0 aliphatic rings. The van der Waals surface area contributed by atoms with Crippen LogP contribution in [-0.4, -0.2) is 4.92 Å². The number of halogens is 3. The molecule has 0 heterocycles. The van der Waals surface area contributed by atoms with Crippen molar-refractivity contribution in [2.24, 2.45) is 0 Å². The first-order valence-corrected chi connectivity index (χ1v) is 6.35. The Morgan fingerprint density at radius 3 is 2.65 bits per heavy atom. The van der Waals surface area contributed by atoms with Gasteiger partial charge in [-0.25, -0.2) is 0 Å². The summed E-state index contributed by atoms with van der Waals surface area (Å²) in [4.78, 5) is 9.89. The number of hydrogen-bond acceptors (Lipinski definition) is 3. The van der Waals surface area contributed by atoms with Crippen molar-refractivity contribution in [1.82, 2.24) is 0 Å². The van der Waals surface area contributed by atoms with Crippen molar-refractivity contribution in [3.63, 3.8) is 0 Å². The Morgan fingerprint density at radius 2 is 2.00 bits per heavy atom. The Hall–Kier alpha value is -1.85.